The Labute approximate surface area is 152 Å². The molecule has 2 aromatic rings. The number of aromatic nitrogens is 2. The monoisotopic (exact) mass is 357 g/mol. The highest BCUT2D eigenvalue weighted by molar-refractivity contribution is 5.76. The molecule has 5 nitrogen and oxygen atoms in total. The summed E-state index contributed by atoms with van der Waals surface area (Å²) in [5, 5.41) is 0. The maximum atomic E-state index is 13.0. The Kier molecular flexibility index (Phi) is 5.49. The third-order valence-corrected chi connectivity index (χ3v) is 5.04. The quantitative estimate of drug-likeness (QED) is 0.845. The molecule has 0 radical (unpaired) electrons. The number of amides is 1. The van der Waals surface area contributed by atoms with Crippen LogP contribution in [-0.2, 0) is 17.8 Å². The zero-order valence-corrected chi connectivity index (χ0v) is 15.2. The van der Waals surface area contributed by atoms with Crippen molar-refractivity contribution < 1.29 is 9.18 Å². The largest absolute Gasteiger partial charge is 0.348 e. The van der Waals surface area contributed by atoms with Crippen LogP contribution in [0, 0.1) is 25.6 Å². The lowest BCUT2D eigenvalue weighted by Crippen LogP contribution is -2.42. The summed E-state index contributed by atoms with van der Waals surface area (Å²) in [5.41, 5.74) is 2.17. The van der Waals surface area contributed by atoms with Crippen molar-refractivity contribution in [2.75, 3.05) is 13.1 Å². The van der Waals surface area contributed by atoms with Gasteiger partial charge in [0.2, 0.25) is 5.91 Å². The van der Waals surface area contributed by atoms with E-state index < -0.39 is 0 Å². The van der Waals surface area contributed by atoms with E-state index in [0.717, 1.165) is 30.5 Å². The van der Waals surface area contributed by atoms with E-state index in [-0.39, 0.29) is 24.0 Å². The first-order chi connectivity index (χ1) is 12.4. The van der Waals surface area contributed by atoms with Gasteiger partial charge in [0.15, 0.2) is 0 Å². The van der Waals surface area contributed by atoms with Gasteiger partial charge in [0, 0.05) is 24.5 Å². The minimum atomic E-state index is -0.373. The Hall–Kier alpha value is -2.50. The molecule has 1 amide bonds. The molecule has 26 heavy (non-hydrogen) atoms. The van der Waals surface area contributed by atoms with Gasteiger partial charge in [0.25, 0.3) is 0 Å². The Morgan fingerprint density at radius 3 is 2.46 bits per heavy atom. The lowest BCUT2D eigenvalue weighted by atomic mass is 9.90. The number of piperidine rings is 1. The normalized spacial score (nSPS) is 15.3. The molecule has 1 aromatic carbocycles. The molecule has 0 aliphatic carbocycles. The predicted molar refractivity (Wildman–Crippen MR) is 97.4 cm³/mol. The summed E-state index contributed by atoms with van der Waals surface area (Å²) in [7, 11) is 0. The summed E-state index contributed by atoms with van der Waals surface area (Å²) in [6.45, 7) is 5.01. The topological polar surface area (TPSA) is 55.2 Å². The highest BCUT2D eigenvalue weighted by Gasteiger charge is 2.23. The molecule has 2 heterocycles. The van der Waals surface area contributed by atoms with Crippen LogP contribution >= 0.6 is 0 Å². The molecule has 1 aromatic heterocycles. The molecule has 1 saturated heterocycles. The standard InChI is InChI=1S/C20H24FN3O2/c1-14-11-15(2)24(20(26)22-14)13-19(25)23-9-7-17(8-10-23)12-16-3-5-18(21)6-4-16/h3-6,11,17H,7-10,12-13H2,1-2H3. The molecule has 0 spiro atoms. The summed E-state index contributed by atoms with van der Waals surface area (Å²) < 4.78 is 14.4. The van der Waals surface area contributed by atoms with E-state index >= 15 is 0 Å². The number of likely N-dealkylation sites (tertiary alicyclic amines) is 1. The van der Waals surface area contributed by atoms with Crippen molar-refractivity contribution in [1.82, 2.24) is 14.5 Å². The van der Waals surface area contributed by atoms with Crippen LogP contribution in [-0.4, -0.2) is 33.4 Å². The molecular weight excluding hydrogens is 333 g/mol. The first-order valence-corrected chi connectivity index (χ1v) is 8.99. The number of hydrogen-bond acceptors (Lipinski definition) is 3. The fourth-order valence-electron chi connectivity index (χ4n) is 3.54. The fourth-order valence-corrected chi connectivity index (χ4v) is 3.54. The van der Waals surface area contributed by atoms with Gasteiger partial charge in [-0.3, -0.25) is 9.36 Å². The molecule has 0 atom stereocenters. The molecule has 138 valence electrons. The van der Waals surface area contributed by atoms with E-state index in [1.807, 2.05) is 30.0 Å². The first-order valence-electron chi connectivity index (χ1n) is 8.99. The van der Waals surface area contributed by atoms with E-state index in [0.29, 0.717) is 24.7 Å². The number of halogens is 1. The summed E-state index contributed by atoms with van der Waals surface area (Å²) in [5.74, 6) is 0.237. The third kappa shape index (κ3) is 4.36. The van der Waals surface area contributed by atoms with Crippen LogP contribution in [0.4, 0.5) is 4.39 Å². The average Bonchev–Trinajstić information content (AvgIpc) is 2.60. The van der Waals surface area contributed by atoms with Crippen molar-refractivity contribution in [2.45, 2.75) is 39.7 Å². The second-order valence-corrected chi connectivity index (χ2v) is 7.06. The highest BCUT2D eigenvalue weighted by atomic mass is 19.1. The van der Waals surface area contributed by atoms with Crippen LogP contribution in [0.5, 0.6) is 0 Å². The lowest BCUT2D eigenvalue weighted by Gasteiger charge is -2.32. The van der Waals surface area contributed by atoms with Crippen molar-refractivity contribution in [3.05, 3.63) is 63.6 Å². The minimum Gasteiger partial charge on any atom is -0.341 e. The van der Waals surface area contributed by atoms with E-state index in [4.69, 9.17) is 0 Å². The van der Waals surface area contributed by atoms with Gasteiger partial charge in [-0.15, -0.1) is 0 Å². The molecule has 0 N–H and O–H groups in total. The third-order valence-electron chi connectivity index (χ3n) is 5.04. The maximum absolute atomic E-state index is 13.0. The van der Waals surface area contributed by atoms with Crippen LogP contribution in [0.1, 0.15) is 29.8 Å². The van der Waals surface area contributed by atoms with Crippen LogP contribution in [0.3, 0.4) is 0 Å². The molecule has 0 saturated carbocycles. The van der Waals surface area contributed by atoms with Crippen LogP contribution in [0.15, 0.2) is 35.1 Å². The zero-order valence-electron chi connectivity index (χ0n) is 15.2. The van der Waals surface area contributed by atoms with E-state index in [9.17, 15) is 14.0 Å². The number of aryl methyl sites for hydroxylation is 2. The second-order valence-electron chi connectivity index (χ2n) is 7.06. The Morgan fingerprint density at radius 2 is 1.85 bits per heavy atom. The Bertz CT molecular complexity index is 837. The minimum absolute atomic E-state index is 0.0407. The molecule has 1 aliphatic heterocycles. The number of nitrogens with zero attached hydrogens (tertiary/aromatic N) is 3. The van der Waals surface area contributed by atoms with Crippen LogP contribution in [0.2, 0.25) is 0 Å². The summed E-state index contributed by atoms with van der Waals surface area (Å²) in [6, 6.07) is 8.44. The summed E-state index contributed by atoms with van der Waals surface area (Å²) >= 11 is 0. The summed E-state index contributed by atoms with van der Waals surface area (Å²) in [6.07, 6.45) is 2.75. The number of hydrogen-bond donors (Lipinski definition) is 0. The van der Waals surface area contributed by atoms with Crippen molar-refractivity contribution >= 4 is 5.91 Å². The predicted octanol–water partition coefficient (Wildman–Crippen LogP) is 2.48. The van der Waals surface area contributed by atoms with Crippen LogP contribution in [0.25, 0.3) is 0 Å². The maximum Gasteiger partial charge on any atom is 0.348 e. The van der Waals surface area contributed by atoms with Gasteiger partial charge in [-0.05, 0) is 62.8 Å². The van der Waals surface area contributed by atoms with Crippen molar-refractivity contribution in [1.29, 1.82) is 0 Å². The number of carbonyl (C=O) groups is 1. The molecule has 1 aliphatic rings. The second kappa shape index (κ2) is 7.81. The summed E-state index contributed by atoms with van der Waals surface area (Å²) in [4.78, 5) is 30.3. The van der Waals surface area contributed by atoms with Gasteiger partial charge in [0.1, 0.15) is 12.4 Å². The average molecular weight is 357 g/mol. The zero-order chi connectivity index (χ0) is 18.7. The van der Waals surface area contributed by atoms with Gasteiger partial charge in [-0.25, -0.2) is 9.18 Å². The van der Waals surface area contributed by atoms with Gasteiger partial charge in [0.05, 0.1) is 0 Å². The van der Waals surface area contributed by atoms with Crippen molar-refractivity contribution in [3.8, 4) is 0 Å². The molecular formula is C20H24FN3O2. The first kappa shape index (κ1) is 18.3. The number of carbonyl (C=O) groups excluding carboxylic acids is 1. The molecule has 0 bridgehead atoms. The molecule has 1 fully saturated rings. The molecule has 0 unspecified atom stereocenters. The van der Waals surface area contributed by atoms with Gasteiger partial charge in [-0.2, -0.15) is 4.98 Å². The van der Waals surface area contributed by atoms with E-state index in [2.05, 4.69) is 4.98 Å². The fraction of sp³-hybridized carbons (Fsp3) is 0.450. The van der Waals surface area contributed by atoms with Crippen molar-refractivity contribution in [3.63, 3.8) is 0 Å². The van der Waals surface area contributed by atoms with E-state index in [1.54, 1.807) is 6.92 Å². The Morgan fingerprint density at radius 1 is 1.19 bits per heavy atom. The lowest BCUT2D eigenvalue weighted by molar-refractivity contribution is -0.133. The molecule has 6 heteroatoms. The Balaban J connectivity index is 1.55. The highest BCUT2D eigenvalue weighted by Crippen LogP contribution is 2.22. The van der Waals surface area contributed by atoms with Gasteiger partial charge in [-0.1, -0.05) is 12.1 Å². The van der Waals surface area contributed by atoms with Crippen LogP contribution < -0.4 is 5.69 Å². The van der Waals surface area contributed by atoms with Gasteiger partial charge < -0.3 is 4.90 Å². The van der Waals surface area contributed by atoms with Crippen molar-refractivity contribution in [2.24, 2.45) is 5.92 Å². The van der Waals surface area contributed by atoms with Gasteiger partial charge >= 0.3 is 5.69 Å². The smallest absolute Gasteiger partial charge is 0.341 e. The van der Waals surface area contributed by atoms with E-state index in [1.165, 1.54) is 16.7 Å². The number of rotatable bonds is 4. The SMILES string of the molecule is Cc1cc(C)n(CC(=O)N2CCC(Cc3ccc(F)cc3)CC2)c(=O)n1. The molecule has 3 rings (SSSR count). The number of benzene rings is 1.